The van der Waals surface area contributed by atoms with E-state index in [-0.39, 0.29) is 17.7 Å². The summed E-state index contributed by atoms with van der Waals surface area (Å²) in [5, 5.41) is 5.76. The van der Waals surface area contributed by atoms with Crippen molar-refractivity contribution >= 4 is 34.8 Å². The molecular formula is C23H28ClN3O2. The third-order valence-corrected chi connectivity index (χ3v) is 5.56. The number of hydrogen-bond donors (Lipinski definition) is 2. The quantitative estimate of drug-likeness (QED) is 0.672. The molecule has 1 heterocycles. The number of amides is 2. The van der Waals surface area contributed by atoms with Gasteiger partial charge in [0.15, 0.2) is 0 Å². The normalized spacial score (nSPS) is 14.5. The van der Waals surface area contributed by atoms with Gasteiger partial charge in [-0.05, 0) is 48.9 Å². The Labute approximate surface area is 177 Å². The van der Waals surface area contributed by atoms with E-state index in [0.29, 0.717) is 23.7 Å². The fourth-order valence-corrected chi connectivity index (χ4v) is 3.64. The molecule has 0 bridgehead atoms. The molecule has 1 saturated heterocycles. The van der Waals surface area contributed by atoms with Crippen LogP contribution in [-0.4, -0.2) is 37.3 Å². The SMILES string of the molecule is CC1CCN(c2ccc(NC(=O)CCl)cc2C(=O)NCCc2ccccc2)CC1. The van der Waals surface area contributed by atoms with Crippen LogP contribution in [0.2, 0.25) is 0 Å². The van der Waals surface area contributed by atoms with Crippen molar-refractivity contribution in [3.05, 3.63) is 59.7 Å². The third-order valence-electron chi connectivity index (χ3n) is 5.31. The molecule has 154 valence electrons. The Morgan fingerprint density at radius 3 is 2.52 bits per heavy atom. The van der Waals surface area contributed by atoms with Gasteiger partial charge in [-0.2, -0.15) is 0 Å². The molecule has 2 N–H and O–H groups in total. The predicted molar refractivity (Wildman–Crippen MR) is 119 cm³/mol. The molecule has 0 aliphatic carbocycles. The van der Waals surface area contributed by atoms with Gasteiger partial charge >= 0.3 is 0 Å². The zero-order valence-electron chi connectivity index (χ0n) is 16.8. The maximum Gasteiger partial charge on any atom is 0.253 e. The van der Waals surface area contributed by atoms with Crippen LogP contribution >= 0.6 is 11.6 Å². The van der Waals surface area contributed by atoms with Crippen molar-refractivity contribution in [2.45, 2.75) is 26.2 Å². The number of benzene rings is 2. The van der Waals surface area contributed by atoms with Crippen molar-refractivity contribution in [3.8, 4) is 0 Å². The van der Waals surface area contributed by atoms with Gasteiger partial charge < -0.3 is 15.5 Å². The minimum atomic E-state index is -0.290. The van der Waals surface area contributed by atoms with Crippen LogP contribution in [0.15, 0.2) is 48.5 Å². The predicted octanol–water partition coefficient (Wildman–Crippen LogP) is 4.07. The minimum absolute atomic E-state index is 0.121. The Balaban J connectivity index is 1.75. The van der Waals surface area contributed by atoms with Crippen molar-refractivity contribution in [1.82, 2.24) is 5.32 Å². The first kappa shape index (κ1) is 21.2. The van der Waals surface area contributed by atoms with E-state index in [1.807, 2.05) is 30.3 Å². The Kier molecular flexibility index (Phi) is 7.53. The van der Waals surface area contributed by atoms with Crippen molar-refractivity contribution in [2.24, 2.45) is 5.92 Å². The number of nitrogens with zero attached hydrogens (tertiary/aromatic N) is 1. The molecular weight excluding hydrogens is 386 g/mol. The molecule has 0 unspecified atom stereocenters. The average Bonchev–Trinajstić information content (AvgIpc) is 2.75. The summed E-state index contributed by atoms with van der Waals surface area (Å²) < 4.78 is 0. The lowest BCUT2D eigenvalue weighted by molar-refractivity contribution is -0.113. The van der Waals surface area contributed by atoms with Gasteiger partial charge in [-0.15, -0.1) is 11.6 Å². The molecule has 6 heteroatoms. The molecule has 0 aromatic heterocycles. The summed E-state index contributed by atoms with van der Waals surface area (Å²) in [5.41, 5.74) is 3.26. The number of hydrogen-bond acceptors (Lipinski definition) is 3. The summed E-state index contributed by atoms with van der Waals surface area (Å²) >= 11 is 5.60. The Morgan fingerprint density at radius 1 is 1.10 bits per heavy atom. The maximum absolute atomic E-state index is 13.0. The second kappa shape index (κ2) is 10.3. The van der Waals surface area contributed by atoms with Crippen LogP contribution in [0.4, 0.5) is 11.4 Å². The molecule has 0 spiro atoms. The zero-order valence-corrected chi connectivity index (χ0v) is 17.5. The molecule has 0 radical (unpaired) electrons. The van der Waals surface area contributed by atoms with Crippen LogP contribution in [0.1, 0.15) is 35.7 Å². The van der Waals surface area contributed by atoms with Gasteiger partial charge in [0, 0.05) is 31.0 Å². The number of carbonyl (C=O) groups is 2. The monoisotopic (exact) mass is 413 g/mol. The highest BCUT2D eigenvalue weighted by atomic mass is 35.5. The fourth-order valence-electron chi connectivity index (χ4n) is 3.58. The summed E-state index contributed by atoms with van der Waals surface area (Å²) in [4.78, 5) is 26.9. The van der Waals surface area contributed by atoms with E-state index in [9.17, 15) is 9.59 Å². The van der Waals surface area contributed by atoms with Gasteiger partial charge in [0.1, 0.15) is 5.88 Å². The second-order valence-corrected chi connectivity index (χ2v) is 7.84. The first-order chi connectivity index (χ1) is 14.1. The Hall–Kier alpha value is -2.53. The van der Waals surface area contributed by atoms with Crippen molar-refractivity contribution in [1.29, 1.82) is 0 Å². The molecule has 1 aliphatic heterocycles. The van der Waals surface area contributed by atoms with E-state index in [1.165, 1.54) is 5.56 Å². The number of alkyl halides is 1. The van der Waals surface area contributed by atoms with E-state index in [0.717, 1.165) is 38.0 Å². The Bertz CT molecular complexity index is 833. The zero-order chi connectivity index (χ0) is 20.6. The summed E-state index contributed by atoms with van der Waals surface area (Å²) in [6, 6.07) is 15.6. The number of carbonyl (C=O) groups excluding carboxylic acids is 2. The van der Waals surface area contributed by atoms with E-state index >= 15 is 0 Å². The smallest absolute Gasteiger partial charge is 0.253 e. The molecule has 5 nitrogen and oxygen atoms in total. The lowest BCUT2D eigenvalue weighted by atomic mass is 9.97. The molecule has 1 fully saturated rings. The van der Waals surface area contributed by atoms with E-state index < -0.39 is 0 Å². The van der Waals surface area contributed by atoms with E-state index in [4.69, 9.17) is 11.6 Å². The van der Waals surface area contributed by atoms with Crippen LogP contribution in [-0.2, 0) is 11.2 Å². The highest BCUT2D eigenvalue weighted by Gasteiger charge is 2.21. The van der Waals surface area contributed by atoms with Crippen molar-refractivity contribution in [2.75, 3.05) is 35.7 Å². The molecule has 2 amide bonds. The topological polar surface area (TPSA) is 61.4 Å². The summed E-state index contributed by atoms with van der Waals surface area (Å²) in [5.74, 6) is 0.166. The molecule has 0 saturated carbocycles. The third kappa shape index (κ3) is 5.97. The molecule has 1 aliphatic rings. The highest BCUT2D eigenvalue weighted by Crippen LogP contribution is 2.28. The van der Waals surface area contributed by atoms with Gasteiger partial charge in [0.05, 0.1) is 5.56 Å². The van der Waals surface area contributed by atoms with Crippen molar-refractivity contribution < 1.29 is 9.59 Å². The summed E-state index contributed by atoms with van der Waals surface area (Å²) in [6.45, 7) is 4.68. The molecule has 2 aromatic carbocycles. The molecule has 3 rings (SSSR count). The fraction of sp³-hybridized carbons (Fsp3) is 0.391. The number of piperidine rings is 1. The van der Waals surface area contributed by atoms with Crippen LogP contribution < -0.4 is 15.5 Å². The lowest BCUT2D eigenvalue weighted by Gasteiger charge is -2.33. The number of halogens is 1. The van der Waals surface area contributed by atoms with Crippen LogP contribution in [0, 0.1) is 5.92 Å². The lowest BCUT2D eigenvalue weighted by Crippen LogP contribution is -2.35. The van der Waals surface area contributed by atoms with E-state index in [1.54, 1.807) is 6.07 Å². The number of nitrogens with one attached hydrogen (secondary N) is 2. The highest BCUT2D eigenvalue weighted by molar-refractivity contribution is 6.29. The summed E-state index contributed by atoms with van der Waals surface area (Å²) in [7, 11) is 0. The van der Waals surface area contributed by atoms with Gasteiger partial charge in [-0.3, -0.25) is 9.59 Å². The average molecular weight is 414 g/mol. The molecule has 2 aromatic rings. The van der Waals surface area contributed by atoms with E-state index in [2.05, 4.69) is 34.6 Å². The molecule has 29 heavy (non-hydrogen) atoms. The van der Waals surface area contributed by atoms with Gasteiger partial charge in [0.25, 0.3) is 5.91 Å². The first-order valence-electron chi connectivity index (χ1n) is 10.1. The Morgan fingerprint density at radius 2 is 1.83 bits per heavy atom. The van der Waals surface area contributed by atoms with Gasteiger partial charge in [0.2, 0.25) is 5.91 Å². The largest absolute Gasteiger partial charge is 0.371 e. The summed E-state index contributed by atoms with van der Waals surface area (Å²) in [6.07, 6.45) is 2.99. The first-order valence-corrected chi connectivity index (χ1v) is 10.7. The number of anilines is 2. The standard InChI is InChI=1S/C23H28ClN3O2/c1-17-10-13-27(14-11-17)21-8-7-19(26-22(28)16-24)15-20(21)23(29)25-12-9-18-5-3-2-4-6-18/h2-8,15,17H,9-14,16H2,1H3,(H,25,29)(H,26,28). The van der Waals surface area contributed by atoms with Crippen LogP contribution in [0.25, 0.3) is 0 Å². The minimum Gasteiger partial charge on any atom is -0.371 e. The van der Waals surface area contributed by atoms with Gasteiger partial charge in [-0.25, -0.2) is 0 Å². The second-order valence-electron chi connectivity index (χ2n) is 7.57. The van der Waals surface area contributed by atoms with Gasteiger partial charge in [-0.1, -0.05) is 37.3 Å². The van der Waals surface area contributed by atoms with Crippen LogP contribution in [0.5, 0.6) is 0 Å². The maximum atomic E-state index is 13.0. The molecule has 0 atom stereocenters. The number of rotatable bonds is 7. The van der Waals surface area contributed by atoms with Crippen molar-refractivity contribution in [3.63, 3.8) is 0 Å². The van der Waals surface area contributed by atoms with Crippen LogP contribution in [0.3, 0.4) is 0 Å².